The summed E-state index contributed by atoms with van der Waals surface area (Å²) in [5, 5.41) is 0.649. The third-order valence-electron chi connectivity index (χ3n) is 3.40. The number of nitrogens with zero attached hydrogens (tertiary/aromatic N) is 2. The van der Waals surface area contributed by atoms with E-state index < -0.39 is 0 Å². The minimum absolute atomic E-state index is 0.118. The second-order valence-electron chi connectivity index (χ2n) is 4.70. The molecule has 1 saturated heterocycles. The number of halogens is 1. The van der Waals surface area contributed by atoms with Crippen LogP contribution >= 0.6 is 11.6 Å². The molecular weight excluding hydrogens is 264 g/mol. The molecule has 104 valence electrons. The Bertz CT molecular complexity index is 439. The predicted molar refractivity (Wildman–Crippen MR) is 73.9 cm³/mol. The molecule has 19 heavy (non-hydrogen) atoms. The van der Waals surface area contributed by atoms with Crippen LogP contribution < -0.4 is 0 Å². The summed E-state index contributed by atoms with van der Waals surface area (Å²) in [6.45, 7) is 3.84. The fourth-order valence-corrected chi connectivity index (χ4v) is 2.62. The van der Waals surface area contributed by atoms with Crippen LogP contribution in [0.15, 0.2) is 18.5 Å². The third kappa shape index (κ3) is 3.67. The van der Waals surface area contributed by atoms with E-state index in [4.69, 9.17) is 16.3 Å². The lowest BCUT2D eigenvalue weighted by Gasteiger charge is -2.34. The zero-order chi connectivity index (χ0) is 13.7. The van der Waals surface area contributed by atoms with Gasteiger partial charge in [0.1, 0.15) is 6.04 Å². The molecule has 5 heteroatoms. The Morgan fingerprint density at radius 2 is 2.42 bits per heavy atom. The fraction of sp³-hybridized carbons (Fsp3) is 0.571. The van der Waals surface area contributed by atoms with Crippen LogP contribution in [0.5, 0.6) is 0 Å². The predicted octanol–water partition coefficient (Wildman–Crippen LogP) is 2.65. The molecule has 1 aromatic heterocycles. The summed E-state index contributed by atoms with van der Waals surface area (Å²) < 4.78 is 5.15. The summed E-state index contributed by atoms with van der Waals surface area (Å²) in [4.78, 5) is 18.1. The Morgan fingerprint density at radius 1 is 1.58 bits per heavy atom. The second-order valence-corrected chi connectivity index (χ2v) is 5.11. The van der Waals surface area contributed by atoms with Crippen molar-refractivity contribution in [2.24, 2.45) is 0 Å². The van der Waals surface area contributed by atoms with Crippen molar-refractivity contribution < 1.29 is 9.53 Å². The Morgan fingerprint density at radius 3 is 3.16 bits per heavy atom. The van der Waals surface area contributed by atoms with Crippen LogP contribution in [0.25, 0.3) is 0 Å². The van der Waals surface area contributed by atoms with E-state index >= 15 is 0 Å². The van der Waals surface area contributed by atoms with Gasteiger partial charge in [-0.15, -0.1) is 0 Å². The number of rotatable bonds is 4. The quantitative estimate of drug-likeness (QED) is 0.796. The molecule has 1 aromatic rings. The van der Waals surface area contributed by atoms with Crippen molar-refractivity contribution >= 4 is 17.6 Å². The molecule has 1 aliphatic heterocycles. The molecule has 1 aliphatic rings. The maximum absolute atomic E-state index is 12.0. The smallest absolute Gasteiger partial charge is 0.323 e. The highest BCUT2D eigenvalue weighted by Gasteiger charge is 2.29. The lowest BCUT2D eigenvalue weighted by Crippen LogP contribution is -2.45. The van der Waals surface area contributed by atoms with E-state index in [1.165, 1.54) is 0 Å². The molecule has 1 unspecified atom stereocenters. The zero-order valence-electron chi connectivity index (χ0n) is 11.1. The molecule has 1 atom stereocenters. The Kier molecular flexibility index (Phi) is 5.16. The molecule has 0 spiro atoms. The topological polar surface area (TPSA) is 42.4 Å². The summed E-state index contributed by atoms with van der Waals surface area (Å²) in [7, 11) is 0. The SMILES string of the molecule is CCOC(=O)C1CCCCN1Cc1ccncc1Cl. The second kappa shape index (κ2) is 6.87. The van der Waals surface area contributed by atoms with Gasteiger partial charge in [-0.05, 0) is 37.9 Å². The summed E-state index contributed by atoms with van der Waals surface area (Å²) in [6.07, 6.45) is 6.41. The highest BCUT2D eigenvalue weighted by Crippen LogP contribution is 2.23. The van der Waals surface area contributed by atoms with Crippen LogP contribution in [0.2, 0.25) is 5.02 Å². The first-order valence-corrected chi connectivity index (χ1v) is 7.09. The maximum Gasteiger partial charge on any atom is 0.323 e. The molecule has 4 nitrogen and oxygen atoms in total. The van der Waals surface area contributed by atoms with Gasteiger partial charge in [0.2, 0.25) is 0 Å². The number of hydrogen-bond donors (Lipinski definition) is 0. The van der Waals surface area contributed by atoms with Crippen molar-refractivity contribution in [3.8, 4) is 0 Å². The maximum atomic E-state index is 12.0. The van der Waals surface area contributed by atoms with Crippen LogP contribution in [0, 0.1) is 0 Å². The van der Waals surface area contributed by atoms with E-state index in [-0.39, 0.29) is 12.0 Å². The van der Waals surface area contributed by atoms with Gasteiger partial charge in [0.15, 0.2) is 0 Å². The van der Waals surface area contributed by atoms with E-state index in [1.807, 2.05) is 13.0 Å². The molecule has 2 rings (SSSR count). The number of hydrogen-bond acceptors (Lipinski definition) is 4. The van der Waals surface area contributed by atoms with E-state index in [9.17, 15) is 4.79 Å². The standard InChI is InChI=1S/C14H19ClN2O2/c1-2-19-14(18)13-5-3-4-8-17(13)10-11-6-7-16-9-12(11)15/h6-7,9,13H,2-5,8,10H2,1H3. The van der Waals surface area contributed by atoms with E-state index in [0.29, 0.717) is 18.2 Å². The number of likely N-dealkylation sites (tertiary alicyclic amines) is 1. The molecule has 0 N–H and O–H groups in total. The summed E-state index contributed by atoms with van der Waals surface area (Å²) in [5.41, 5.74) is 1.01. The van der Waals surface area contributed by atoms with Gasteiger partial charge in [-0.1, -0.05) is 18.0 Å². The third-order valence-corrected chi connectivity index (χ3v) is 3.74. The van der Waals surface area contributed by atoms with E-state index in [0.717, 1.165) is 31.4 Å². The van der Waals surface area contributed by atoms with Crippen molar-refractivity contribution in [3.05, 3.63) is 29.0 Å². The summed E-state index contributed by atoms with van der Waals surface area (Å²) in [5.74, 6) is -0.118. The Labute approximate surface area is 118 Å². The van der Waals surface area contributed by atoms with Crippen molar-refractivity contribution in [2.45, 2.75) is 38.8 Å². The summed E-state index contributed by atoms with van der Waals surface area (Å²) >= 11 is 6.13. The lowest BCUT2D eigenvalue weighted by atomic mass is 10.0. The van der Waals surface area contributed by atoms with Crippen molar-refractivity contribution in [2.75, 3.05) is 13.2 Å². The Hall–Kier alpha value is -1.13. The first-order chi connectivity index (χ1) is 9.22. The molecule has 0 radical (unpaired) electrons. The molecule has 0 aromatic carbocycles. The molecule has 1 fully saturated rings. The van der Waals surface area contributed by atoms with Gasteiger partial charge < -0.3 is 4.74 Å². The number of esters is 1. The van der Waals surface area contributed by atoms with Gasteiger partial charge in [0.25, 0.3) is 0 Å². The molecule has 0 saturated carbocycles. The van der Waals surface area contributed by atoms with Gasteiger partial charge in [-0.2, -0.15) is 0 Å². The molecule has 0 amide bonds. The number of aromatic nitrogens is 1. The number of ether oxygens (including phenoxy) is 1. The molecule has 0 aliphatic carbocycles. The minimum atomic E-state index is -0.141. The first kappa shape index (κ1) is 14.3. The number of piperidine rings is 1. The van der Waals surface area contributed by atoms with Gasteiger partial charge >= 0.3 is 5.97 Å². The van der Waals surface area contributed by atoms with Gasteiger partial charge in [-0.25, -0.2) is 0 Å². The van der Waals surface area contributed by atoms with E-state index in [1.54, 1.807) is 12.4 Å². The average Bonchev–Trinajstić information content (AvgIpc) is 2.42. The van der Waals surface area contributed by atoms with Gasteiger partial charge in [0.05, 0.1) is 11.6 Å². The van der Waals surface area contributed by atoms with Gasteiger partial charge in [-0.3, -0.25) is 14.7 Å². The zero-order valence-corrected chi connectivity index (χ0v) is 11.9. The monoisotopic (exact) mass is 282 g/mol. The average molecular weight is 283 g/mol. The number of pyridine rings is 1. The molecular formula is C14H19ClN2O2. The van der Waals surface area contributed by atoms with Crippen LogP contribution in [0.1, 0.15) is 31.7 Å². The molecule has 0 bridgehead atoms. The Balaban J connectivity index is 2.07. The fourth-order valence-electron chi connectivity index (χ4n) is 2.44. The minimum Gasteiger partial charge on any atom is -0.465 e. The number of carbonyl (C=O) groups excluding carboxylic acids is 1. The van der Waals surface area contributed by atoms with Crippen LogP contribution in [-0.2, 0) is 16.1 Å². The highest BCUT2D eigenvalue weighted by molar-refractivity contribution is 6.31. The normalized spacial score (nSPS) is 20.2. The van der Waals surface area contributed by atoms with Crippen LogP contribution in [0.4, 0.5) is 0 Å². The number of carbonyl (C=O) groups is 1. The van der Waals surface area contributed by atoms with Crippen molar-refractivity contribution in [1.29, 1.82) is 0 Å². The first-order valence-electron chi connectivity index (χ1n) is 6.71. The molecule has 2 heterocycles. The largest absolute Gasteiger partial charge is 0.465 e. The summed E-state index contributed by atoms with van der Waals surface area (Å²) in [6, 6.07) is 1.76. The van der Waals surface area contributed by atoms with E-state index in [2.05, 4.69) is 9.88 Å². The van der Waals surface area contributed by atoms with Crippen molar-refractivity contribution in [1.82, 2.24) is 9.88 Å². The lowest BCUT2D eigenvalue weighted by molar-refractivity contribution is -0.151. The highest BCUT2D eigenvalue weighted by atomic mass is 35.5. The van der Waals surface area contributed by atoms with Crippen LogP contribution in [-0.4, -0.2) is 35.0 Å². The van der Waals surface area contributed by atoms with Gasteiger partial charge in [0, 0.05) is 18.9 Å². The van der Waals surface area contributed by atoms with Crippen LogP contribution in [0.3, 0.4) is 0 Å². The van der Waals surface area contributed by atoms with Crippen molar-refractivity contribution in [3.63, 3.8) is 0 Å².